The number of ether oxygens (including phenoxy) is 4. The number of hydrogen-bond acceptors (Lipinski definition) is 8. The van der Waals surface area contributed by atoms with Gasteiger partial charge in [0.1, 0.15) is 11.5 Å². The molecule has 9 nitrogen and oxygen atoms in total. The molecule has 1 N–H and O–H groups in total. The topological polar surface area (TPSA) is 107 Å². The number of methoxy groups -OCH3 is 3. The molecule has 0 aliphatic carbocycles. The standard InChI is InChI=1S/C30H32N2O7/c1-17(2)39-22-10-9-20(12-18(22)3)27(33)25-26(21-13-23(36-4)29(38-6)24(14-21)37-5)32(30(35)28(25)34)16-19-8-7-11-31-15-19/h7-15,17,26,33H,16H2,1-6H3/b27-25-. The van der Waals surface area contributed by atoms with E-state index in [9.17, 15) is 14.7 Å². The lowest BCUT2D eigenvalue weighted by Gasteiger charge is -2.26. The summed E-state index contributed by atoms with van der Waals surface area (Å²) in [5, 5.41) is 11.5. The first-order chi connectivity index (χ1) is 18.7. The van der Waals surface area contributed by atoms with Gasteiger partial charge in [-0.1, -0.05) is 6.07 Å². The lowest BCUT2D eigenvalue weighted by atomic mass is 9.94. The number of pyridine rings is 1. The van der Waals surface area contributed by atoms with E-state index in [1.54, 1.807) is 48.8 Å². The van der Waals surface area contributed by atoms with Gasteiger partial charge < -0.3 is 29.0 Å². The number of aliphatic hydroxyl groups is 1. The summed E-state index contributed by atoms with van der Waals surface area (Å²) in [7, 11) is 4.46. The van der Waals surface area contributed by atoms with Gasteiger partial charge in [-0.3, -0.25) is 14.6 Å². The molecule has 9 heteroatoms. The van der Waals surface area contributed by atoms with Gasteiger partial charge >= 0.3 is 0 Å². The predicted molar refractivity (Wildman–Crippen MR) is 145 cm³/mol. The molecule has 2 aromatic carbocycles. The Bertz CT molecular complexity index is 1390. The molecule has 1 amide bonds. The Morgan fingerprint density at radius 2 is 1.69 bits per heavy atom. The molecule has 1 saturated heterocycles. The molecule has 1 aliphatic rings. The Kier molecular flexibility index (Phi) is 8.09. The zero-order valence-electron chi connectivity index (χ0n) is 22.8. The molecule has 1 atom stereocenters. The summed E-state index contributed by atoms with van der Waals surface area (Å²) in [6.07, 6.45) is 3.23. The van der Waals surface area contributed by atoms with Crippen LogP contribution in [0.15, 0.2) is 60.4 Å². The number of aromatic nitrogens is 1. The van der Waals surface area contributed by atoms with E-state index in [0.29, 0.717) is 34.1 Å². The number of aliphatic hydroxyl groups excluding tert-OH is 1. The molecule has 1 unspecified atom stereocenters. The smallest absolute Gasteiger partial charge is 0.295 e. The number of ketones is 1. The lowest BCUT2D eigenvalue weighted by Crippen LogP contribution is -2.29. The highest BCUT2D eigenvalue weighted by atomic mass is 16.5. The van der Waals surface area contributed by atoms with Gasteiger partial charge in [0.15, 0.2) is 11.5 Å². The summed E-state index contributed by atoms with van der Waals surface area (Å²) < 4.78 is 22.3. The van der Waals surface area contributed by atoms with Crippen LogP contribution in [0.3, 0.4) is 0 Å². The third kappa shape index (κ3) is 5.38. The normalized spacial score (nSPS) is 16.5. The van der Waals surface area contributed by atoms with Crippen LogP contribution in [0.2, 0.25) is 0 Å². The molecular formula is C30H32N2O7. The fourth-order valence-electron chi connectivity index (χ4n) is 4.68. The van der Waals surface area contributed by atoms with Gasteiger partial charge in [-0.25, -0.2) is 0 Å². The van der Waals surface area contributed by atoms with E-state index in [0.717, 1.165) is 11.1 Å². The first-order valence-electron chi connectivity index (χ1n) is 12.4. The Labute approximate surface area is 227 Å². The van der Waals surface area contributed by atoms with Crippen molar-refractivity contribution in [3.8, 4) is 23.0 Å². The Morgan fingerprint density at radius 3 is 2.23 bits per heavy atom. The Hall–Kier alpha value is -4.53. The van der Waals surface area contributed by atoms with Crippen molar-refractivity contribution < 1.29 is 33.6 Å². The summed E-state index contributed by atoms with van der Waals surface area (Å²) in [6.45, 7) is 5.80. The minimum absolute atomic E-state index is 0.0269. The zero-order chi connectivity index (χ0) is 28.3. The molecule has 0 radical (unpaired) electrons. The van der Waals surface area contributed by atoms with E-state index in [1.165, 1.54) is 26.2 Å². The molecule has 0 spiro atoms. The van der Waals surface area contributed by atoms with Crippen LogP contribution in [0.1, 0.15) is 42.1 Å². The van der Waals surface area contributed by atoms with Gasteiger partial charge in [0, 0.05) is 24.5 Å². The number of carbonyl (C=O) groups excluding carboxylic acids is 2. The highest BCUT2D eigenvalue weighted by molar-refractivity contribution is 6.46. The number of hydrogen-bond donors (Lipinski definition) is 1. The third-order valence-corrected chi connectivity index (χ3v) is 6.43. The molecule has 0 bridgehead atoms. The van der Waals surface area contributed by atoms with E-state index in [2.05, 4.69) is 4.98 Å². The van der Waals surface area contributed by atoms with Gasteiger partial charge in [-0.05, 0) is 73.9 Å². The molecule has 0 saturated carbocycles. The Balaban J connectivity index is 1.92. The average Bonchev–Trinajstić information content (AvgIpc) is 3.18. The maximum absolute atomic E-state index is 13.5. The summed E-state index contributed by atoms with van der Waals surface area (Å²) in [5.41, 5.74) is 2.35. The second-order valence-corrected chi connectivity index (χ2v) is 9.39. The van der Waals surface area contributed by atoms with Crippen LogP contribution in [0.4, 0.5) is 0 Å². The minimum atomic E-state index is -0.939. The second-order valence-electron chi connectivity index (χ2n) is 9.39. The molecule has 2 heterocycles. The number of aryl methyl sites for hydroxylation is 1. The molecule has 204 valence electrons. The molecule has 39 heavy (non-hydrogen) atoms. The molecule has 1 fully saturated rings. The van der Waals surface area contributed by atoms with Gasteiger partial charge in [0.2, 0.25) is 5.75 Å². The number of likely N-dealkylation sites (tertiary alicyclic amines) is 1. The number of carbonyl (C=O) groups is 2. The van der Waals surface area contributed by atoms with Gasteiger partial charge in [-0.15, -0.1) is 0 Å². The predicted octanol–water partition coefficient (Wildman–Crippen LogP) is 4.82. The number of nitrogens with zero attached hydrogens (tertiary/aromatic N) is 2. The summed E-state index contributed by atoms with van der Waals surface area (Å²) in [6, 6.07) is 11.1. The highest BCUT2D eigenvalue weighted by Crippen LogP contribution is 2.46. The number of benzene rings is 2. The molecular weight excluding hydrogens is 500 g/mol. The molecule has 1 aliphatic heterocycles. The number of amides is 1. The maximum atomic E-state index is 13.5. The molecule has 4 rings (SSSR count). The van der Waals surface area contributed by atoms with Crippen molar-refractivity contribution in [3.63, 3.8) is 0 Å². The number of Topliss-reactive ketones (excluding diaryl/α,β-unsaturated/α-hetero) is 1. The van der Waals surface area contributed by atoms with Crippen LogP contribution in [-0.4, -0.2) is 54.1 Å². The van der Waals surface area contributed by atoms with Crippen LogP contribution < -0.4 is 18.9 Å². The average molecular weight is 533 g/mol. The van der Waals surface area contributed by atoms with Gasteiger partial charge in [0.05, 0.1) is 39.0 Å². The van der Waals surface area contributed by atoms with E-state index < -0.39 is 17.7 Å². The quantitative estimate of drug-likeness (QED) is 0.237. The fourth-order valence-corrected chi connectivity index (χ4v) is 4.68. The van der Waals surface area contributed by atoms with Crippen LogP contribution in [0.25, 0.3) is 5.76 Å². The van der Waals surface area contributed by atoms with Gasteiger partial charge in [-0.2, -0.15) is 0 Å². The highest BCUT2D eigenvalue weighted by Gasteiger charge is 2.46. The fraction of sp³-hybridized carbons (Fsp3) is 0.300. The second kappa shape index (κ2) is 11.5. The van der Waals surface area contributed by atoms with E-state index >= 15 is 0 Å². The first kappa shape index (κ1) is 27.5. The minimum Gasteiger partial charge on any atom is -0.507 e. The number of rotatable bonds is 9. The van der Waals surface area contributed by atoms with Crippen molar-refractivity contribution in [2.45, 2.75) is 39.5 Å². The van der Waals surface area contributed by atoms with Gasteiger partial charge in [0.25, 0.3) is 11.7 Å². The zero-order valence-corrected chi connectivity index (χ0v) is 22.8. The van der Waals surface area contributed by atoms with Crippen LogP contribution >= 0.6 is 0 Å². The lowest BCUT2D eigenvalue weighted by molar-refractivity contribution is -0.140. The maximum Gasteiger partial charge on any atom is 0.295 e. The SMILES string of the molecule is COc1cc(C2/C(=C(/O)c3ccc(OC(C)C)c(C)c3)C(=O)C(=O)N2Cc2cccnc2)cc(OC)c1OC. The van der Waals surface area contributed by atoms with E-state index in [4.69, 9.17) is 18.9 Å². The van der Waals surface area contributed by atoms with Crippen molar-refractivity contribution in [2.75, 3.05) is 21.3 Å². The summed E-state index contributed by atoms with van der Waals surface area (Å²) in [4.78, 5) is 32.5. The third-order valence-electron chi connectivity index (χ3n) is 6.43. The van der Waals surface area contributed by atoms with Crippen molar-refractivity contribution in [2.24, 2.45) is 0 Å². The van der Waals surface area contributed by atoms with Crippen molar-refractivity contribution in [3.05, 3.63) is 82.7 Å². The van der Waals surface area contributed by atoms with E-state index in [1.807, 2.05) is 26.8 Å². The monoisotopic (exact) mass is 532 g/mol. The first-order valence-corrected chi connectivity index (χ1v) is 12.4. The Morgan fingerprint density at radius 1 is 1.00 bits per heavy atom. The van der Waals surface area contributed by atoms with Crippen molar-refractivity contribution in [1.82, 2.24) is 9.88 Å². The van der Waals surface area contributed by atoms with E-state index in [-0.39, 0.29) is 24.0 Å². The van der Waals surface area contributed by atoms with Crippen LogP contribution in [-0.2, 0) is 16.1 Å². The van der Waals surface area contributed by atoms with Crippen LogP contribution in [0, 0.1) is 6.92 Å². The summed E-state index contributed by atoms with van der Waals surface area (Å²) in [5.74, 6) is -0.0929. The van der Waals surface area contributed by atoms with Crippen LogP contribution in [0.5, 0.6) is 23.0 Å². The molecule has 1 aromatic heterocycles. The van der Waals surface area contributed by atoms with Crippen molar-refractivity contribution >= 4 is 17.4 Å². The largest absolute Gasteiger partial charge is 0.507 e. The summed E-state index contributed by atoms with van der Waals surface area (Å²) >= 11 is 0. The molecule has 3 aromatic rings. The van der Waals surface area contributed by atoms with Crippen molar-refractivity contribution in [1.29, 1.82) is 0 Å².